The van der Waals surface area contributed by atoms with Crippen LogP contribution in [0.15, 0.2) is 66.0 Å². The van der Waals surface area contributed by atoms with Gasteiger partial charge in [-0.25, -0.2) is 4.79 Å². The molecule has 1 N–H and O–H groups in total. The number of hydrogen-bond acceptors (Lipinski definition) is 4. The highest BCUT2D eigenvalue weighted by atomic mass is 35.5. The van der Waals surface area contributed by atoms with E-state index in [0.29, 0.717) is 28.1 Å². The molecule has 5 nitrogen and oxygen atoms in total. The first kappa shape index (κ1) is 24.3. The van der Waals surface area contributed by atoms with Crippen LogP contribution < -0.4 is 5.32 Å². The van der Waals surface area contributed by atoms with Gasteiger partial charge in [0.05, 0.1) is 30.6 Å². The van der Waals surface area contributed by atoms with Gasteiger partial charge in [0, 0.05) is 28.5 Å². The molecule has 3 fully saturated rings. The Morgan fingerprint density at radius 3 is 2.46 bits per heavy atom. The molecule has 3 saturated heterocycles. The Kier molecular flexibility index (Phi) is 7.17. The summed E-state index contributed by atoms with van der Waals surface area (Å²) >= 11 is 14.0. The summed E-state index contributed by atoms with van der Waals surface area (Å²) in [6.45, 7) is 3.17. The van der Waals surface area contributed by atoms with E-state index in [2.05, 4.69) is 5.32 Å². The van der Waals surface area contributed by atoms with E-state index >= 15 is 0 Å². The van der Waals surface area contributed by atoms with Gasteiger partial charge in [-0.3, -0.25) is 4.79 Å². The van der Waals surface area contributed by atoms with Gasteiger partial charge >= 0.3 is 6.09 Å². The number of amides is 1. The molecule has 3 aromatic rings. The second kappa shape index (κ2) is 10.3. The van der Waals surface area contributed by atoms with Crippen LogP contribution in [-0.4, -0.2) is 48.6 Å². The van der Waals surface area contributed by atoms with E-state index in [1.807, 2.05) is 47.8 Å². The maximum absolute atomic E-state index is 13.2. The van der Waals surface area contributed by atoms with Gasteiger partial charge in [0.25, 0.3) is 0 Å². The van der Waals surface area contributed by atoms with Gasteiger partial charge in [0.15, 0.2) is 6.10 Å². The molecule has 3 aliphatic rings. The van der Waals surface area contributed by atoms with Crippen LogP contribution in [-0.2, 0) is 4.74 Å². The molecule has 0 radical (unpaired) electrons. The number of Topliss-reactive ketones (excluding diaryl/α,β-unsaturated/α-hetero) is 1. The SMILES string of the molecule is O=C(N[C@H]1C[N+]2(CC(=O)c3cccs3)CCC1CC2)OC(c1ccc(Cl)cc1)c1ccccc1Cl. The molecule has 1 unspecified atom stereocenters. The van der Waals surface area contributed by atoms with E-state index in [9.17, 15) is 9.59 Å². The normalized spacial score (nSPS) is 24.1. The highest BCUT2D eigenvalue weighted by Crippen LogP contribution is 2.36. The third-order valence-corrected chi connectivity index (χ3v) is 8.77. The third-order valence-electron chi connectivity index (χ3n) is 7.27. The van der Waals surface area contributed by atoms with Crippen LogP contribution >= 0.6 is 34.5 Å². The molecule has 6 rings (SSSR count). The number of thiophene rings is 1. The van der Waals surface area contributed by atoms with Gasteiger partial charge in [-0.05, 0) is 41.1 Å². The number of alkyl carbamates (subject to hydrolysis) is 1. The Morgan fingerprint density at radius 2 is 1.77 bits per heavy atom. The van der Waals surface area contributed by atoms with E-state index in [1.165, 1.54) is 11.3 Å². The second-order valence-corrected chi connectivity index (χ2v) is 11.3. The zero-order valence-corrected chi connectivity index (χ0v) is 21.5. The first-order valence-corrected chi connectivity index (χ1v) is 13.4. The molecule has 4 heterocycles. The van der Waals surface area contributed by atoms with Crippen molar-refractivity contribution >= 4 is 46.4 Å². The summed E-state index contributed by atoms with van der Waals surface area (Å²) in [5, 5.41) is 6.20. The third kappa shape index (κ3) is 5.41. The molecular weight excluding hydrogens is 503 g/mol. The lowest BCUT2D eigenvalue weighted by Crippen LogP contribution is -2.68. The predicted octanol–water partition coefficient (Wildman–Crippen LogP) is 6.36. The molecule has 3 aliphatic heterocycles. The van der Waals surface area contributed by atoms with Gasteiger partial charge in [0.1, 0.15) is 6.54 Å². The van der Waals surface area contributed by atoms with Gasteiger partial charge in [-0.2, -0.15) is 0 Å². The number of halogens is 2. The van der Waals surface area contributed by atoms with Crippen molar-refractivity contribution in [2.45, 2.75) is 25.0 Å². The Balaban J connectivity index is 1.30. The smallest absolute Gasteiger partial charge is 0.408 e. The number of carbonyl (C=O) groups is 2. The minimum absolute atomic E-state index is 0.0294. The fourth-order valence-corrected chi connectivity index (χ4v) is 6.44. The molecule has 1 aromatic heterocycles. The van der Waals surface area contributed by atoms with Crippen molar-refractivity contribution in [1.29, 1.82) is 0 Å². The molecule has 8 heteroatoms. The largest absolute Gasteiger partial charge is 0.436 e. The number of benzene rings is 2. The van der Waals surface area contributed by atoms with Crippen molar-refractivity contribution < 1.29 is 18.8 Å². The topological polar surface area (TPSA) is 55.4 Å². The minimum Gasteiger partial charge on any atom is -0.436 e. The van der Waals surface area contributed by atoms with Crippen LogP contribution in [0.3, 0.4) is 0 Å². The van der Waals surface area contributed by atoms with E-state index in [1.54, 1.807) is 18.2 Å². The summed E-state index contributed by atoms with van der Waals surface area (Å²) in [6, 6.07) is 18.4. The van der Waals surface area contributed by atoms with E-state index in [4.69, 9.17) is 27.9 Å². The highest BCUT2D eigenvalue weighted by molar-refractivity contribution is 7.12. The second-order valence-electron chi connectivity index (χ2n) is 9.48. The fourth-order valence-electron chi connectivity index (χ4n) is 5.42. The first-order valence-electron chi connectivity index (χ1n) is 11.8. The Morgan fingerprint density at radius 1 is 1.03 bits per heavy atom. The Bertz CT molecular complexity index is 1190. The van der Waals surface area contributed by atoms with Crippen molar-refractivity contribution in [1.82, 2.24) is 5.32 Å². The van der Waals surface area contributed by atoms with E-state index in [0.717, 1.165) is 47.4 Å². The number of nitrogens with one attached hydrogen (secondary N) is 1. The summed E-state index contributed by atoms with van der Waals surface area (Å²) in [5.41, 5.74) is 1.50. The molecule has 0 saturated carbocycles. The number of ether oxygens (including phenoxy) is 1. The van der Waals surface area contributed by atoms with Gasteiger partial charge in [0.2, 0.25) is 5.78 Å². The average molecular weight is 530 g/mol. The molecule has 2 aromatic carbocycles. The molecule has 0 aliphatic carbocycles. The van der Waals surface area contributed by atoms with Gasteiger partial charge in [-0.1, -0.05) is 59.6 Å². The van der Waals surface area contributed by atoms with Crippen LogP contribution in [0, 0.1) is 5.92 Å². The number of piperidine rings is 3. The summed E-state index contributed by atoms with van der Waals surface area (Å²) < 4.78 is 6.70. The number of hydrogen-bond donors (Lipinski definition) is 1. The molecule has 35 heavy (non-hydrogen) atoms. The maximum Gasteiger partial charge on any atom is 0.408 e. The summed E-state index contributed by atoms with van der Waals surface area (Å²) in [7, 11) is 0. The molecule has 2 atom stereocenters. The van der Waals surface area contributed by atoms with Crippen LogP contribution in [0.5, 0.6) is 0 Å². The maximum atomic E-state index is 13.2. The fraction of sp³-hybridized carbons (Fsp3) is 0.333. The Hall–Kier alpha value is -2.38. The minimum atomic E-state index is -0.661. The number of ketones is 1. The number of carbonyl (C=O) groups excluding carboxylic acids is 2. The molecule has 182 valence electrons. The van der Waals surface area contributed by atoms with Crippen molar-refractivity contribution in [2.24, 2.45) is 5.92 Å². The van der Waals surface area contributed by atoms with Crippen LogP contribution in [0.25, 0.3) is 0 Å². The molecule has 2 bridgehead atoms. The van der Waals surface area contributed by atoms with Crippen LogP contribution in [0.4, 0.5) is 4.79 Å². The number of quaternary nitrogens is 1. The predicted molar refractivity (Wildman–Crippen MR) is 139 cm³/mol. The summed E-state index contributed by atoms with van der Waals surface area (Å²) in [4.78, 5) is 26.8. The molecule has 0 spiro atoms. The highest BCUT2D eigenvalue weighted by Gasteiger charge is 2.47. The van der Waals surface area contributed by atoms with Crippen molar-refractivity contribution in [2.75, 3.05) is 26.2 Å². The lowest BCUT2D eigenvalue weighted by Gasteiger charge is -2.52. The molecule has 1 amide bonds. The average Bonchev–Trinajstić information content (AvgIpc) is 3.40. The van der Waals surface area contributed by atoms with Gasteiger partial charge < -0.3 is 14.5 Å². The lowest BCUT2D eigenvalue weighted by atomic mass is 9.81. The monoisotopic (exact) mass is 529 g/mol. The summed E-state index contributed by atoms with van der Waals surface area (Å²) in [6.07, 6.45) is 0.846. The summed E-state index contributed by atoms with van der Waals surface area (Å²) in [5.74, 6) is 0.580. The van der Waals surface area contributed by atoms with Gasteiger partial charge in [-0.15, -0.1) is 11.3 Å². The van der Waals surface area contributed by atoms with Crippen molar-refractivity contribution in [3.05, 3.63) is 92.1 Å². The molecular formula is C27H27Cl2N2O3S+. The number of fused-ring (bicyclic) bond motifs is 3. The lowest BCUT2D eigenvalue weighted by molar-refractivity contribution is -0.936. The Labute approximate surface area is 219 Å². The van der Waals surface area contributed by atoms with Crippen LogP contribution in [0.1, 0.15) is 39.7 Å². The quantitative estimate of drug-likeness (QED) is 0.286. The van der Waals surface area contributed by atoms with Crippen molar-refractivity contribution in [3.63, 3.8) is 0 Å². The zero-order chi connectivity index (χ0) is 24.4. The number of rotatable bonds is 7. The number of nitrogens with zero attached hydrogens (tertiary/aromatic N) is 1. The zero-order valence-electron chi connectivity index (χ0n) is 19.2. The van der Waals surface area contributed by atoms with Crippen molar-refractivity contribution in [3.8, 4) is 0 Å². The van der Waals surface area contributed by atoms with Crippen LogP contribution in [0.2, 0.25) is 10.0 Å². The standard InChI is InChI=1S/C27H26Cl2N2O3S/c28-20-9-7-19(8-10-20)26(21-4-1-2-5-22(21)29)34-27(33)30-23-16-31(13-11-18(23)12-14-31)17-24(32)25-6-3-15-35-25/h1-10,15,18,23,26H,11-14,16-17H2/p+1/t18?,23-,26?,31?/m0/s1. The van der Waals surface area contributed by atoms with E-state index < -0.39 is 12.2 Å². The van der Waals surface area contributed by atoms with E-state index in [-0.39, 0.29) is 11.8 Å². The first-order chi connectivity index (χ1) is 16.9.